The molecule has 1 rings (SSSR count). The van der Waals surface area contributed by atoms with Crippen molar-refractivity contribution >= 4 is 5.96 Å². The smallest absolute Gasteiger partial charge is 0.191 e. The molecule has 3 heteroatoms. The molecule has 16 heavy (non-hydrogen) atoms. The van der Waals surface area contributed by atoms with Crippen molar-refractivity contribution in [1.82, 2.24) is 4.90 Å². The van der Waals surface area contributed by atoms with Crippen molar-refractivity contribution in [3.05, 3.63) is 0 Å². The Hall–Kier alpha value is -0.730. The zero-order valence-electron chi connectivity index (χ0n) is 11.1. The Balaban J connectivity index is 2.56. The topological polar surface area (TPSA) is 41.6 Å². The largest absolute Gasteiger partial charge is 0.370 e. The van der Waals surface area contributed by atoms with Crippen LogP contribution in [0.25, 0.3) is 0 Å². The predicted molar refractivity (Wildman–Crippen MR) is 70.6 cm³/mol. The third-order valence-corrected chi connectivity index (χ3v) is 3.27. The molecule has 94 valence electrons. The van der Waals surface area contributed by atoms with Crippen LogP contribution in [0.15, 0.2) is 4.99 Å². The Kier molecular flexibility index (Phi) is 5.64. The molecule has 0 amide bonds. The molecule has 3 nitrogen and oxygen atoms in total. The lowest BCUT2D eigenvalue weighted by Crippen LogP contribution is -2.43. The van der Waals surface area contributed by atoms with Crippen LogP contribution >= 0.6 is 0 Å². The van der Waals surface area contributed by atoms with Gasteiger partial charge in [0.25, 0.3) is 0 Å². The van der Waals surface area contributed by atoms with Crippen molar-refractivity contribution in [2.75, 3.05) is 6.54 Å². The van der Waals surface area contributed by atoms with Crippen LogP contribution in [0.4, 0.5) is 0 Å². The molecular formula is C13H27N3. The van der Waals surface area contributed by atoms with Gasteiger partial charge >= 0.3 is 0 Å². The van der Waals surface area contributed by atoms with E-state index < -0.39 is 0 Å². The standard InChI is InChI=1S/C13H27N3/c1-4-10-16(11(2)3)13(14)15-12-8-6-5-7-9-12/h11-12H,4-10H2,1-3H3,(H2,14,15). The maximum Gasteiger partial charge on any atom is 0.191 e. The molecule has 0 aromatic heterocycles. The lowest BCUT2D eigenvalue weighted by Gasteiger charge is -2.29. The molecule has 0 saturated heterocycles. The fourth-order valence-corrected chi connectivity index (χ4v) is 2.35. The van der Waals surface area contributed by atoms with Crippen LogP contribution in [0.5, 0.6) is 0 Å². The highest BCUT2D eigenvalue weighted by Gasteiger charge is 2.16. The second kappa shape index (κ2) is 6.77. The van der Waals surface area contributed by atoms with E-state index in [0.29, 0.717) is 12.1 Å². The Morgan fingerprint density at radius 3 is 2.44 bits per heavy atom. The normalized spacial score (nSPS) is 19.1. The third-order valence-electron chi connectivity index (χ3n) is 3.27. The molecule has 0 atom stereocenters. The second-order valence-electron chi connectivity index (χ2n) is 5.07. The SMILES string of the molecule is CCCN(C(N)=NC1CCCCC1)C(C)C. The average molecular weight is 225 g/mol. The third kappa shape index (κ3) is 4.03. The highest BCUT2D eigenvalue weighted by atomic mass is 15.3. The minimum absolute atomic E-state index is 0.451. The first-order valence-corrected chi connectivity index (χ1v) is 6.75. The number of guanidine groups is 1. The maximum atomic E-state index is 6.11. The quantitative estimate of drug-likeness (QED) is 0.590. The van der Waals surface area contributed by atoms with Crippen molar-refractivity contribution < 1.29 is 0 Å². The highest BCUT2D eigenvalue weighted by Crippen LogP contribution is 2.20. The van der Waals surface area contributed by atoms with Crippen LogP contribution < -0.4 is 5.73 Å². The fraction of sp³-hybridized carbons (Fsp3) is 0.923. The van der Waals surface area contributed by atoms with E-state index in [2.05, 4.69) is 25.7 Å². The molecular weight excluding hydrogens is 198 g/mol. The molecule has 0 aromatic carbocycles. The summed E-state index contributed by atoms with van der Waals surface area (Å²) in [5.74, 6) is 0.753. The molecule has 0 aromatic rings. The van der Waals surface area contributed by atoms with Gasteiger partial charge in [0.1, 0.15) is 0 Å². The summed E-state index contributed by atoms with van der Waals surface area (Å²) in [5.41, 5.74) is 6.11. The number of hydrogen-bond donors (Lipinski definition) is 1. The zero-order valence-corrected chi connectivity index (χ0v) is 11.1. The molecule has 0 aliphatic heterocycles. The molecule has 0 unspecified atom stereocenters. The van der Waals surface area contributed by atoms with Gasteiger partial charge in [0, 0.05) is 12.6 Å². The van der Waals surface area contributed by atoms with Crippen LogP contribution in [0.2, 0.25) is 0 Å². The van der Waals surface area contributed by atoms with Gasteiger partial charge in [0.2, 0.25) is 0 Å². The average Bonchev–Trinajstić information content (AvgIpc) is 2.26. The lowest BCUT2D eigenvalue weighted by atomic mass is 9.96. The summed E-state index contributed by atoms with van der Waals surface area (Å²) in [7, 11) is 0. The lowest BCUT2D eigenvalue weighted by molar-refractivity contribution is 0.339. The van der Waals surface area contributed by atoms with Crippen molar-refractivity contribution in [2.24, 2.45) is 10.7 Å². The molecule has 1 saturated carbocycles. The van der Waals surface area contributed by atoms with E-state index in [4.69, 9.17) is 10.7 Å². The molecule has 1 aliphatic carbocycles. The van der Waals surface area contributed by atoms with Crippen molar-refractivity contribution in [1.29, 1.82) is 0 Å². The van der Waals surface area contributed by atoms with E-state index in [1.165, 1.54) is 32.1 Å². The molecule has 0 bridgehead atoms. The van der Waals surface area contributed by atoms with Crippen LogP contribution in [0.1, 0.15) is 59.3 Å². The summed E-state index contributed by atoms with van der Waals surface area (Å²) in [4.78, 5) is 6.91. The van der Waals surface area contributed by atoms with Gasteiger partial charge in [-0.2, -0.15) is 0 Å². The molecule has 0 heterocycles. The van der Waals surface area contributed by atoms with E-state index in [-0.39, 0.29) is 0 Å². The summed E-state index contributed by atoms with van der Waals surface area (Å²) < 4.78 is 0. The summed E-state index contributed by atoms with van der Waals surface area (Å²) in [6, 6.07) is 0.930. The summed E-state index contributed by atoms with van der Waals surface area (Å²) in [6.07, 6.45) is 7.57. The van der Waals surface area contributed by atoms with Gasteiger partial charge in [-0.15, -0.1) is 0 Å². The first-order chi connectivity index (χ1) is 7.65. The van der Waals surface area contributed by atoms with Crippen molar-refractivity contribution in [3.8, 4) is 0 Å². The first kappa shape index (κ1) is 13.3. The Labute approximate surface area is 100 Å². The van der Waals surface area contributed by atoms with E-state index in [1.54, 1.807) is 0 Å². The Bertz CT molecular complexity index is 217. The summed E-state index contributed by atoms with van der Waals surface area (Å²) in [5, 5.41) is 0. The number of nitrogens with zero attached hydrogens (tertiary/aromatic N) is 2. The summed E-state index contributed by atoms with van der Waals surface area (Å²) >= 11 is 0. The van der Waals surface area contributed by atoms with Gasteiger partial charge in [-0.25, -0.2) is 4.99 Å². The maximum absolute atomic E-state index is 6.11. The molecule has 0 spiro atoms. The predicted octanol–water partition coefficient (Wildman–Crippen LogP) is 2.75. The van der Waals surface area contributed by atoms with E-state index in [9.17, 15) is 0 Å². The molecule has 0 radical (unpaired) electrons. The molecule has 2 N–H and O–H groups in total. The van der Waals surface area contributed by atoms with Gasteiger partial charge in [-0.05, 0) is 33.1 Å². The summed E-state index contributed by atoms with van der Waals surface area (Å²) in [6.45, 7) is 7.56. The van der Waals surface area contributed by atoms with Crippen LogP contribution in [0, 0.1) is 0 Å². The fourth-order valence-electron chi connectivity index (χ4n) is 2.35. The van der Waals surface area contributed by atoms with Crippen LogP contribution in [-0.2, 0) is 0 Å². The first-order valence-electron chi connectivity index (χ1n) is 6.75. The second-order valence-corrected chi connectivity index (χ2v) is 5.07. The van der Waals surface area contributed by atoms with Gasteiger partial charge in [0.05, 0.1) is 6.04 Å². The number of rotatable bonds is 4. The number of aliphatic imine (C=N–C) groups is 1. The minimum atomic E-state index is 0.451. The minimum Gasteiger partial charge on any atom is -0.370 e. The highest BCUT2D eigenvalue weighted by molar-refractivity contribution is 5.78. The monoisotopic (exact) mass is 225 g/mol. The van der Waals surface area contributed by atoms with E-state index in [1.807, 2.05) is 0 Å². The van der Waals surface area contributed by atoms with E-state index in [0.717, 1.165) is 18.9 Å². The molecule has 1 fully saturated rings. The van der Waals surface area contributed by atoms with Gasteiger partial charge < -0.3 is 10.6 Å². The van der Waals surface area contributed by atoms with E-state index >= 15 is 0 Å². The Morgan fingerprint density at radius 1 is 1.31 bits per heavy atom. The van der Waals surface area contributed by atoms with Crippen LogP contribution in [-0.4, -0.2) is 29.5 Å². The Morgan fingerprint density at radius 2 is 1.94 bits per heavy atom. The number of hydrogen-bond acceptors (Lipinski definition) is 1. The van der Waals surface area contributed by atoms with Crippen molar-refractivity contribution in [2.45, 2.75) is 71.4 Å². The van der Waals surface area contributed by atoms with Gasteiger partial charge in [0.15, 0.2) is 5.96 Å². The van der Waals surface area contributed by atoms with Crippen molar-refractivity contribution in [3.63, 3.8) is 0 Å². The van der Waals surface area contributed by atoms with Gasteiger partial charge in [-0.3, -0.25) is 0 Å². The van der Waals surface area contributed by atoms with Crippen LogP contribution in [0.3, 0.4) is 0 Å². The van der Waals surface area contributed by atoms with Gasteiger partial charge in [-0.1, -0.05) is 26.2 Å². The number of nitrogens with two attached hydrogens (primary N) is 1. The molecule has 1 aliphatic rings. The zero-order chi connectivity index (χ0) is 12.0.